The van der Waals surface area contributed by atoms with Crippen LogP contribution in [-0.4, -0.2) is 29.3 Å². The Balaban J connectivity index is 1.98. The second-order valence-electron chi connectivity index (χ2n) is 8.07. The summed E-state index contributed by atoms with van der Waals surface area (Å²) in [5.41, 5.74) is 3.14. The smallest absolute Gasteiger partial charge is 0.407 e. The molecule has 0 aliphatic rings. The molecule has 0 bridgehead atoms. The molecule has 2 N–H and O–H groups in total. The second-order valence-corrected chi connectivity index (χ2v) is 8.07. The summed E-state index contributed by atoms with van der Waals surface area (Å²) in [6.07, 6.45) is -0.637. The number of benzene rings is 2. The van der Waals surface area contributed by atoms with Crippen molar-refractivity contribution in [1.82, 2.24) is 5.32 Å². The van der Waals surface area contributed by atoms with Crippen LogP contribution in [0, 0.1) is 13.8 Å². The van der Waals surface area contributed by atoms with Crippen molar-refractivity contribution in [2.24, 2.45) is 0 Å². The molecular weight excluding hydrogens is 370 g/mol. The zero-order chi connectivity index (χ0) is 21.6. The molecule has 0 aromatic heterocycles. The minimum absolute atomic E-state index is 0.0529. The van der Waals surface area contributed by atoms with Gasteiger partial charge in [0.25, 0.3) is 0 Å². The Morgan fingerprint density at radius 2 is 1.72 bits per heavy atom. The minimum Gasteiger partial charge on any atom is -0.489 e. The van der Waals surface area contributed by atoms with Gasteiger partial charge in [-0.3, -0.25) is 4.79 Å². The third kappa shape index (κ3) is 7.14. The van der Waals surface area contributed by atoms with Gasteiger partial charge in [0.1, 0.15) is 18.0 Å². The summed E-state index contributed by atoms with van der Waals surface area (Å²) in [7, 11) is 0. The number of alkyl carbamates (subject to hydrolysis) is 1. The number of carbonyl (C=O) groups is 2. The molecule has 29 heavy (non-hydrogen) atoms. The van der Waals surface area contributed by atoms with E-state index in [4.69, 9.17) is 9.47 Å². The third-order valence-corrected chi connectivity index (χ3v) is 4.25. The molecule has 2 aromatic rings. The maximum Gasteiger partial charge on any atom is 0.407 e. The Morgan fingerprint density at radius 1 is 1.07 bits per heavy atom. The van der Waals surface area contributed by atoms with Crippen molar-refractivity contribution in [2.45, 2.75) is 52.7 Å². The number of carboxylic acids is 1. The van der Waals surface area contributed by atoms with E-state index < -0.39 is 23.6 Å². The fraction of sp³-hybridized carbons (Fsp3) is 0.391. The highest BCUT2D eigenvalue weighted by atomic mass is 16.6. The number of hydrogen-bond donors (Lipinski definition) is 2. The number of hydrogen-bond acceptors (Lipinski definition) is 4. The van der Waals surface area contributed by atoms with Gasteiger partial charge >= 0.3 is 12.1 Å². The van der Waals surface area contributed by atoms with E-state index in [1.807, 2.05) is 38.1 Å². The van der Waals surface area contributed by atoms with E-state index in [9.17, 15) is 14.7 Å². The number of amides is 1. The SMILES string of the molecule is Cc1ccc(OCc2ccc(C(CNC(=O)OC(C)(C)C)C(=O)O)cc2)c(C)c1. The predicted octanol–water partition coefficient (Wildman–Crippen LogP) is 4.58. The first-order valence-corrected chi connectivity index (χ1v) is 9.54. The van der Waals surface area contributed by atoms with Crippen LogP contribution in [0.3, 0.4) is 0 Å². The lowest BCUT2D eigenvalue weighted by Gasteiger charge is -2.21. The van der Waals surface area contributed by atoms with Crippen LogP contribution in [0.2, 0.25) is 0 Å². The summed E-state index contributed by atoms with van der Waals surface area (Å²) < 4.78 is 11.0. The number of carboxylic acid groups (broad SMARTS) is 1. The highest BCUT2D eigenvalue weighted by Crippen LogP contribution is 2.21. The fourth-order valence-electron chi connectivity index (χ4n) is 2.82. The van der Waals surface area contributed by atoms with E-state index in [-0.39, 0.29) is 6.54 Å². The van der Waals surface area contributed by atoms with Gasteiger partial charge in [-0.25, -0.2) is 4.79 Å². The van der Waals surface area contributed by atoms with Crippen LogP contribution >= 0.6 is 0 Å². The van der Waals surface area contributed by atoms with E-state index in [1.165, 1.54) is 5.56 Å². The number of aryl methyl sites for hydroxylation is 2. The minimum atomic E-state index is -1.01. The predicted molar refractivity (Wildman–Crippen MR) is 111 cm³/mol. The van der Waals surface area contributed by atoms with E-state index >= 15 is 0 Å². The average Bonchev–Trinajstić information content (AvgIpc) is 2.60. The summed E-state index contributed by atoms with van der Waals surface area (Å²) >= 11 is 0. The van der Waals surface area contributed by atoms with Crippen LogP contribution in [0.15, 0.2) is 42.5 Å². The van der Waals surface area contributed by atoms with Crippen LogP contribution < -0.4 is 10.1 Å². The molecule has 0 radical (unpaired) electrons. The van der Waals surface area contributed by atoms with Gasteiger partial charge in [-0.15, -0.1) is 0 Å². The van der Waals surface area contributed by atoms with E-state index in [1.54, 1.807) is 32.9 Å². The Morgan fingerprint density at radius 3 is 2.28 bits per heavy atom. The molecule has 156 valence electrons. The molecule has 1 amide bonds. The van der Waals surface area contributed by atoms with Crippen molar-refractivity contribution < 1.29 is 24.2 Å². The van der Waals surface area contributed by atoms with Crippen molar-refractivity contribution in [3.05, 3.63) is 64.7 Å². The van der Waals surface area contributed by atoms with E-state index in [0.29, 0.717) is 12.2 Å². The summed E-state index contributed by atoms with van der Waals surface area (Å²) in [6.45, 7) is 9.62. The van der Waals surface area contributed by atoms with Crippen molar-refractivity contribution in [3.63, 3.8) is 0 Å². The first kappa shape index (κ1) is 22.3. The van der Waals surface area contributed by atoms with Gasteiger partial charge in [-0.05, 0) is 57.4 Å². The molecule has 0 saturated heterocycles. The fourth-order valence-corrected chi connectivity index (χ4v) is 2.82. The van der Waals surface area contributed by atoms with Crippen LogP contribution in [-0.2, 0) is 16.1 Å². The standard InChI is InChI=1S/C23H29NO5/c1-15-6-11-20(16(2)12-15)28-14-17-7-9-18(10-8-17)19(21(25)26)13-24-22(27)29-23(3,4)5/h6-12,19H,13-14H2,1-5H3,(H,24,27)(H,25,26). The van der Waals surface area contributed by atoms with Crippen molar-refractivity contribution in [3.8, 4) is 5.75 Å². The molecule has 1 atom stereocenters. The number of nitrogens with one attached hydrogen (secondary N) is 1. The van der Waals surface area contributed by atoms with Crippen LogP contribution in [0.25, 0.3) is 0 Å². The molecule has 0 heterocycles. The average molecular weight is 399 g/mol. The summed E-state index contributed by atoms with van der Waals surface area (Å²) in [5, 5.41) is 12.1. The quantitative estimate of drug-likeness (QED) is 0.712. The summed E-state index contributed by atoms with van der Waals surface area (Å²) in [5.74, 6) is -1.05. The molecule has 0 spiro atoms. The Kier molecular flexibility index (Phi) is 7.26. The molecule has 1 unspecified atom stereocenters. The Labute approximate surface area is 171 Å². The van der Waals surface area contributed by atoms with Crippen molar-refractivity contribution in [2.75, 3.05) is 6.54 Å². The molecule has 0 fully saturated rings. The summed E-state index contributed by atoms with van der Waals surface area (Å²) in [4.78, 5) is 23.4. The van der Waals surface area contributed by atoms with Gasteiger partial charge in [0, 0.05) is 6.54 Å². The third-order valence-electron chi connectivity index (χ3n) is 4.25. The van der Waals surface area contributed by atoms with Crippen molar-refractivity contribution in [1.29, 1.82) is 0 Å². The molecule has 6 heteroatoms. The second kappa shape index (κ2) is 9.45. The number of carbonyl (C=O) groups excluding carboxylic acids is 1. The zero-order valence-corrected chi connectivity index (χ0v) is 17.6. The lowest BCUT2D eigenvalue weighted by atomic mass is 9.98. The molecule has 2 aromatic carbocycles. The number of aliphatic carboxylic acids is 1. The zero-order valence-electron chi connectivity index (χ0n) is 17.6. The monoisotopic (exact) mass is 399 g/mol. The molecule has 2 rings (SSSR count). The highest BCUT2D eigenvalue weighted by Gasteiger charge is 2.22. The molecule has 0 aliphatic carbocycles. The molecular formula is C23H29NO5. The summed E-state index contributed by atoms with van der Waals surface area (Å²) in [6, 6.07) is 13.2. The molecule has 0 aliphatic heterocycles. The Hall–Kier alpha value is -3.02. The van der Waals surface area contributed by atoms with Crippen molar-refractivity contribution >= 4 is 12.1 Å². The van der Waals surface area contributed by atoms with Gasteiger partial charge in [0.15, 0.2) is 0 Å². The maximum atomic E-state index is 11.8. The lowest BCUT2D eigenvalue weighted by Crippen LogP contribution is -2.36. The first-order valence-electron chi connectivity index (χ1n) is 9.54. The van der Waals surface area contributed by atoms with E-state index in [0.717, 1.165) is 16.9 Å². The topological polar surface area (TPSA) is 84.9 Å². The normalized spacial score (nSPS) is 12.2. The number of ether oxygens (including phenoxy) is 2. The van der Waals surface area contributed by atoms with Gasteiger partial charge in [-0.1, -0.05) is 42.0 Å². The largest absolute Gasteiger partial charge is 0.489 e. The highest BCUT2D eigenvalue weighted by molar-refractivity contribution is 5.77. The van der Waals surface area contributed by atoms with Crippen LogP contribution in [0.1, 0.15) is 48.9 Å². The van der Waals surface area contributed by atoms with Gasteiger partial charge < -0.3 is 19.9 Å². The van der Waals surface area contributed by atoms with Crippen LogP contribution in [0.4, 0.5) is 4.79 Å². The lowest BCUT2D eigenvalue weighted by molar-refractivity contribution is -0.138. The molecule has 0 saturated carbocycles. The van der Waals surface area contributed by atoms with Gasteiger partial charge in [0.05, 0.1) is 5.92 Å². The first-order chi connectivity index (χ1) is 13.5. The van der Waals surface area contributed by atoms with Gasteiger partial charge in [0.2, 0.25) is 0 Å². The van der Waals surface area contributed by atoms with Gasteiger partial charge in [-0.2, -0.15) is 0 Å². The Bertz CT molecular complexity index is 853. The maximum absolute atomic E-state index is 11.8. The molecule has 6 nitrogen and oxygen atoms in total. The van der Waals surface area contributed by atoms with E-state index in [2.05, 4.69) is 11.4 Å². The number of rotatable bonds is 7. The van der Waals surface area contributed by atoms with Crippen LogP contribution in [0.5, 0.6) is 5.75 Å².